The Bertz CT molecular complexity index is 504. The van der Waals surface area contributed by atoms with Gasteiger partial charge in [-0.1, -0.05) is 0 Å². The molecule has 3 N–H and O–H groups in total. The standard InChI is InChI=1S/C12H17N3O5/c1-3-19-10-5-8(6-12(16)14-13)9(15(17)18)7-11(10)20-4-2/h5,7H,3-4,6,13H2,1-2H3,(H,14,16). The van der Waals surface area contributed by atoms with Crippen molar-refractivity contribution in [2.45, 2.75) is 20.3 Å². The lowest BCUT2D eigenvalue weighted by atomic mass is 10.1. The lowest BCUT2D eigenvalue weighted by molar-refractivity contribution is -0.385. The Kier molecular flexibility index (Phi) is 5.73. The summed E-state index contributed by atoms with van der Waals surface area (Å²) in [6.45, 7) is 4.26. The zero-order valence-electron chi connectivity index (χ0n) is 11.3. The second-order valence-corrected chi connectivity index (χ2v) is 3.80. The summed E-state index contributed by atoms with van der Waals surface area (Å²) in [5.74, 6) is 5.10. The van der Waals surface area contributed by atoms with E-state index in [9.17, 15) is 14.9 Å². The van der Waals surface area contributed by atoms with Crippen LogP contribution in [0, 0.1) is 10.1 Å². The molecular weight excluding hydrogens is 266 g/mol. The predicted molar refractivity (Wildman–Crippen MR) is 71.5 cm³/mol. The number of hydrogen-bond donors (Lipinski definition) is 2. The fourth-order valence-electron chi connectivity index (χ4n) is 1.66. The molecule has 0 aliphatic carbocycles. The molecule has 110 valence electrons. The molecule has 20 heavy (non-hydrogen) atoms. The molecule has 8 nitrogen and oxygen atoms in total. The summed E-state index contributed by atoms with van der Waals surface area (Å²) in [6, 6.07) is 2.69. The van der Waals surface area contributed by atoms with Crippen molar-refractivity contribution >= 4 is 11.6 Å². The molecular formula is C12H17N3O5. The van der Waals surface area contributed by atoms with Crippen molar-refractivity contribution in [3.05, 3.63) is 27.8 Å². The van der Waals surface area contributed by atoms with Crippen molar-refractivity contribution < 1.29 is 19.2 Å². The van der Waals surface area contributed by atoms with Crippen LogP contribution in [0.15, 0.2) is 12.1 Å². The van der Waals surface area contributed by atoms with E-state index in [4.69, 9.17) is 15.3 Å². The molecule has 0 fully saturated rings. The Hall–Kier alpha value is -2.35. The smallest absolute Gasteiger partial charge is 0.277 e. The van der Waals surface area contributed by atoms with Gasteiger partial charge < -0.3 is 9.47 Å². The summed E-state index contributed by atoms with van der Waals surface area (Å²) < 4.78 is 10.7. The highest BCUT2D eigenvalue weighted by Crippen LogP contribution is 2.35. The molecule has 0 bridgehead atoms. The van der Waals surface area contributed by atoms with Crippen LogP contribution in [-0.4, -0.2) is 24.0 Å². The number of hydrogen-bond acceptors (Lipinski definition) is 6. The Morgan fingerprint density at radius 1 is 1.30 bits per heavy atom. The molecule has 0 unspecified atom stereocenters. The number of ether oxygens (including phenoxy) is 2. The molecule has 0 aliphatic rings. The first kappa shape index (κ1) is 15.7. The van der Waals surface area contributed by atoms with E-state index in [2.05, 4.69) is 0 Å². The number of carbonyl (C=O) groups excluding carboxylic acids is 1. The van der Waals surface area contributed by atoms with E-state index in [-0.39, 0.29) is 23.4 Å². The minimum atomic E-state index is -0.572. The zero-order chi connectivity index (χ0) is 15.1. The van der Waals surface area contributed by atoms with Gasteiger partial charge in [0.15, 0.2) is 11.5 Å². The topological polar surface area (TPSA) is 117 Å². The van der Waals surface area contributed by atoms with Crippen LogP contribution < -0.4 is 20.7 Å². The van der Waals surface area contributed by atoms with E-state index >= 15 is 0 Å². The molecule has 0 aliphatic heterocycles. The first-order chi connectivity index (χ1) is 9.53. The van der Waals surface area contributed by atoms with Crippen molar-refractivity contribution in [3.63, 3.8) is 0 Å². The molecule has 1 rings (SSSR count). The highest BCUT2D eigenvalue weighted by molar-refractivity contribution is 5.79. The summed E-state index contributed by atoms with van der Waals surface area (Å²) in [7, 11) is 0. The maximum absolute atomic E-state index is 11.3. The molecule has 8 heteroatoms. The average Bonchev–Trinajstić information content (AvgIpc) is 2.41. The molecule has 1 aromatic carbocycles. The number of nitrogens with two attached hydrogens (primary N) is 1. The number of benzene rings is 1. The van der Waals surface area contributed by atoms with Crippen molar-refractivity contribution in [1.29, 1.82) is 0 Å². The molecule has 0 radical (unpaired) electrons. The van der Waals surface area contributed by atoms with Crippen LogP contribution in [0.25, 0.3) is 0 Å². The molecule has 0 heterocycles. The Morgan fingerprint density at radius 3 is 2.30 bits per heavy atom. The monoisotopic (exact) mass is 283 g/mol. The summed E-state index contributed by atoms with van der Waals surface area (Å²) >= 11 is 0. The number of nitrogens with zero attached hydrogens (tertiary/aromatic N) is 1. The number of nitrogens with one attached hydrogen (secondary N) is 1. The summed E-state index contributed by atoms with van der Waals surface area (Å²) in [6.07, 6.45) is -0.209. The minimum Gasteiger partial charge on any atom is -0.490 e. The number of nitro groups is 1. The Morgan fingerprint density at radius 2 is 1.85 bits per heavy atom. The van der Waals surface area contributed by atoms with Crippen molar-refractivity contribution in [1.82, 2.24) is 5.43 Å². The number of hydrazine groups is 1. The second-order valence-electron chi connectivity index (χ2n) is 3.80. The number of amides is 1. The van der Waals surface area contributed by atoms with Crippen LogP contribution >= 0.6 is 0 Å². The van der Waals surface area contributed by atoms with E-state index in [0.29, 0.717) is 19.0 Å². The lowest BCUT2D eigenvalue weighted by Crippen LogP contribution is -2.31. The highest BCUT2D eigenvalue weighted by Gasteiger charge is 2.21. The molecule has 0 saturated carbocycles. The van der Waals surface area contributed by atoms with Gasteiger partial charge in [-0.2, -0.15) is 0 Å². The van der Waals surface area contributed by atoms with Crippen LogP contribution in [0.5, 0.6) is 11.5 Å². The fraction of sp³-hybridized carbons (Fsp3) is 0.417. The van der Waals surface area contributed by atoms with Gasteiger partial charge in [0, 0.05) is 5.56 Å². The van der Waals surface area contributed by atoms with Crippen molar-refractivity contribution in [2.75, 3.05) is 13.2 Å². The summed E-state index contributed by atoms with van der Waals surface area (Å²) in [5.41, 5.74) is 1.94. The van der Waals surface area contributed by atoms with Gasteiger partial charge in [0.05, 0.1) is 30.6 Å². The van der Waals surface area contributed by atoms with Gasteiger partial charge in [0.1, 0.15) is 0 Å². The molecule has 1 aromatic rings. The Balaban J connectivity index is 3.28. The van der Waals surface area contributed by atoms with Gasteiger partial charge in [-0.3, -0.25) is 20.3 Å². The van der Waals surface area contributed by atoms with E-state index in [0.717, 1.165) is 0 Å². The maximum atomic E-state index is 11.3. The summed E-state index contributed by atoms with van der Waals surface area (Å²) in [4.78, 5) is 21.8. The first-order valence-corrected chi connectivity index (χ1v) is 6.09. The van der Waals surface area contributed by atoms with Gasteiger partial charge in [0.2, 0.25) is 5.91 Å². The van der Waals surface area contributed by atoms with Crippen molar-refractivity contribution in [2.24, 2.45) is 5.84 Å². The van der Waals surface area contributed by atoms with E-state index in [1.165, 1.54) is 12.1 Å². The molecule has 0 aromatic heterocycles. The molecule has 1 amide bonds. The van der Waals surface area contributed by atoms with Crippen LogP contribution in [0.2, 0.25) is 0 Å². The van der Waals surface area contributed by atoms with Gasteiger partial charge >= 0.3 is 0 Å². The van der Waals surface area contributed by atoms with Crippen LogP contribution in [0.1, 0.15) is 19.4 Å². The van der Waals surface area contributed by atoms with E-state index < -0.39 is 10.8 Å². The van der Waals surface area contributed by atoms with Gasteiger partial charge in [-0.25, -0.2) is 5.84 Å². The van der Waals surface area contributed by atoms with Crippen LogP contribution in [-0.2, 0) is 11.2 Å². The van der Waals surface area contributed by atoms with Gasteiger partial charge in [-0.05, 0) is 19.9 Å². The van der Waals surface area contributed by atoms with E-state index in [1.54, 1.807) is 13.8 Å². The number of nitro benzene ring substituents is 1. The van der Waals surface area contributed by atoms with Gasteiger partial charge in [-0.15, -0.1) is 0 Å². The third-order valence-corrected chi connectivity index (χ3v) is 2.45. The predicted octanol–water partition coefficient (Wildman–Crippen LogP) is 0.925. The van der Waals surface area contributed by atoms with Crippen LogP contribution in [0.4, 0.5) is 5.69 Å². The minimum absolute atomic E-state index is 0.208. The maximum Gasteiger partial charge on any atom is 0.277 e. The fourth-order valence-corrected chi connectivity index (χ4v) is 1.66. The molecule has 0 saturated heterocycles. The highest BCUT2D eigenvalue weighted by atomic mass is 16.6. The van der Waals surface area contributed by atoms with Crippen LogP contribution in [0.3, 0.4) is 0 Å². The average molecular weight is 283 g/mol. The van der Waals surface area contributed by atoms with Crippen molar-refractivity contribution in [3.8, 4) is 11.5 Å². The first-order valence-electron chi connectivity index (χ1n) is 6.09. The zero-order valence-corrected chi connectivity index (χ0v) is 11.3. The third-order valence-electron chi connectivity index (χ3n) is 2.45. The van der Waals surface area contributed by atoms with Gasteiger partial charge in [0.25, 0.3) is 5.69 Å². The summed E-state index contributed by atoms with van der Waals surface area (Å²) in [5, 5.41) is 11.1. The van der Waals surface area contributed by atoms with E-state index in [1.807, 2.05) is 5.43 Å². The number of rotatable bonds is 7. The Labute approximate surface area is 116 Å². The molecule has 0 spiro atoms. The second kappa shape index (κ2) is 7.29. The third kappa shape index (κ3) is 3.82. The molecule has 0 atom stereocenters. The normalized spacial score (nSPS) is 9.95. The largest absolute Gasteiger partial charge is 0.490 e. The number of carbonyl (C=O) groups is 1. The SMILES string of the molecule is CCOc1cc(CC(=O)NN)c([N+](=O)[O-])cc1OCC. The lowest BCUT2D eigenvalue weighted by Gasteiger charge is -2.12. The quantitative estimate of drug-likeness (QED) is 0.332.